The van der Waals surface area contributed by atoms with E-state index < -0.39 is 36.0 Å². The molecule has 1 spiro atoms. The molecule has 1 aliphatic carbocycles. The van der Waals surface area contributed by atoms with Crippen molar-refractivity contribution in [2.24, 2.45) is 23.7 Å². The normalized spacial score (nSPS) is 40.7. The van der Waals surface area contributed by atoms with Crippen molar-refractivity contribution in [2.75, 3.05) is 7.11 Å². The number of carbonyl (C=O) groups excluding carboxylic acids is 2. The monoisotopic (exact) mass is 479 g/mol. The van der Waals surface area contributed by atoms with Gasteiger partial charge >= 0.3 is 5.97 Å². The molecule has 192 valence electrons. The minimum absolute atomic E-state index is 0.0383. The zero-order valence-electron chi connectivity index (χ0n) is 21.4. The summed E-state index contributed by atoms with van der Waals surface area (Å²) in [5, 5.41) is 23.7. The van der Waals surface area contributed by atoms with Crippen molar-refractivity contribution < 1.29 is 34.0 Å². The van der Waals surface area contributed by atoms with Gasteiger partial charge in [-0.15, -0.1) is 0 Å². The van der Waals surface area contributed by atoms with Crippen LogP contribution in [0.2, 0.25) is 0 Å². The highest BCUT2D eigenvalue weighted by Gasteiger charge is 2.56. The second kappa shape index (κ2) is 10.5. The number of aliphatic hydroxyl groups excluding tert-OH is 2. The van der Waals surface area contributed by atoms with Crippen LogP contribution in [0.5, 0.6) is 0 Å². The molecule has 0 unspecified atom stereocenters. The number of rotatable bonds is 6. The van der Waals surface area contributed by atoms with Gasteiger partial charge in [0.15, 0.2) is 6.10 Å². The van der Waals surface area contributed by atoms with E-state index in [-0.39, 0.29) is 41.7 Å². The highest BCUT2D eigenvalue weighted by atomic mass is 16.6. The Morgan fingerprint density at radius 2 is 1.91 bits per heavy atom. The van der Waals surface area contributed by atoms with Gasteiger partial charge in [-0.2, -0.15) is 0 Å². The molecule has 8 heteroatoms. The lowest BCUT2D eigenvalue weighted by Crippen LogP contribution is -2.52. The summed E-state index contributed by atoms with van der Waals surface area (Å²) in [4.78, 5) is 25.0. The van der Waals surface area contributed by atoms with Crippen LogP contribution < -0.4 is 5.32 Å². The molecule has 1 amide bonds. The maximum atomic E-state index is 12.9. The lowest BCUT2D eigenvalue weighted by molar-refractivity contribution is -0.171. The number of nitrogens with one attached hydrogen (secondary N) is 1. The Morgan fingerprint density at radius 3 is 2.47 bits per heavy atom. The number of hydrogen-bond acceptors (Lipinski definition) is 7. The smallest absolute Gasteiger partial charge is 0.335 e. The maximum absolute atomic E-state index is 12.9. The standard InChI is InChI=1S/C26H41NO7/c1-13-10-14(2)26-12-19(24(34-26)22(27-18(6)30)15(3)16(4)28)8-9-20(26)11-21(32-7)25(31)33-23(13)17(5)29/h8-10,13,15-17,19-24,28-29H,11-12H2,1-7H3,(H,27,30)/b14-10+/t13-,15-,16+,17-,19-,20-,21+,22+,23+,24-,26+/m1/s1. The van der Waals surface area contributed by atoms with Crippen LogP contribution in [0.15, 0.2) is 23.8 Å². The Hall–Kier alpha value is -1.74. The minimum Gasteiger partial charge on any atom is -0.457 e. The van der Waals surface area contributed by atoms with Crippen LogP contribution in [-0.2, 0) is 23.8 Å². The number of esters is 1. The van der Waals surface area contributed by atoms with E-state index in [0.29, 0.717) is 12.8 Å². The first-order valence-corrected chi connectivity index (χ1v) is 12.3. The molecule has 2 heterocycles. The molecule has 11 atom stereocenters. The molecule has 0 aromatic rings. The molecular formula is C26H41NO7. The Labute approximate surface area is 202 Å². The Kier molecular flexibility index (Phi) is 8.28. The van der Waals surface area contributed by atoms with Crippen LogP contribution in [0.25, 0.3) is 0 Å². The van der Waals surface area contributed by atoms with Crippen LogP contribution >= 0.6 is 0 Å². The first-order chi connectivity index (χ1) is 15.9. The average Bonchev–Trinajstić information content (AvgIpc) is 3.07. The van der Waals surface area contributed by atoms with Gasteiger partial charge in [-0.25, -0.2) is 4.79 Å². The zero-order chi connectivity index (χ0) is 25.4. The Morgan fingerprint density at radius 1 is 1.24 bits per heavy atom. The predicted molar refractivity (Wildman–Crippen MR) is 127 cm³/mol. The van der Waals surface area contributed by atoms with Crippen molar-refractivity contribution in [3.05, 3.63) is 23.8 Å². The third-order valence-electron chi connectivity index (χ3n) is 7.99. The summed E-state index contributed by atoms with van der Waals surface area (Å²) >= 11 is 0. The lowest BCUT2D eigenvalue weighted by atomic mass is 9.69. The van der Waals surface area contributed by atoms with Gasteiger partial charge in [0.05, 0.1) is 30.0 Å². The Balaban J connectivity index is 2.06. The van der Waals surface area contributed by atoms with Gasteiger partial charge in [0, 0.05) is 37.7 Å². The second-order valence-electron chi connectivity index (χ2n) is 10.5. The first-order valence-electron chi connectivity index (χ1n) is 12.3. The van der Waals surface area contributed by atoms with E-state index in [0.717, 1.165) is 5.57 Å². The SMILES string of the molecule is CO[C@H]1C[C@H]2C=C[C@@H]3C[C@]2(O[C@H]3[C@@H](NC(C)=O)[C@H](C)[C@H](C)O)/C(C)=C/[C@@H](C)[C@@H]([C@@H](C)O)OC1=O. The topological polar surface area (TPSA) is 114 Å². The number of aliphatic hydroxyl groups is 2. The Bertz CT molecular complexity index is 822. The molecule has 34 heavy (non-hydrogen) atoms. The second-order valence-corrected chi connectivity index (χ2v) is 10.5. The molecule has 2 bridgehead atoms. The fourth-order valence-corrected chi connectivity index (χ4v) is 5.90. The molecule has 2 aliphatic heterocycles. The molecule has 1 fully saturated rings. The van der Waals surface area contributed by atoms with E-state index in [1.807, 2.05) is 26.8 Å². The minimum atomic E-state index is -0.847. The molecule has 3 aliphatic rings. The zero-order valence-corrected chi connectivity index (χ0v) is 21.4. The fraction of sp³-hybridized carbons (Fsp3) is 0.769. The van der Waals surface area contributed by atoms with E-state index in [9.17, 15) is 19.8 Å². The molecule has 0 aromatic carbocycles. The molecule has 0 radical (unpaired) electrons. The number of carbonyl (C=O) groups is 2. The van der Waals surface area contributed by atoms with Crippen molar-refractivity contribution in [1.82, 2.24) is 5.32 Å². The summed E-state index contributed by atoms with van der Waals surface area (Å²) in [5.74, 6) is -1.24. The van der Waals surface area contributed by atoms with Gasteiger partial charge in [0.25, 0.3) is 0 Å². The summed E-state index contributed by atoms with van der Waals surface area (Å²) in [6, 6.07) is -0.376. The van der Waals surface area contributed by atoms with Gasteiger partial charge < -0.3 is 29.7 Å². The van der Waals surface area contributed by atoms with Crippen LogP contribution in [0.1, 0.15) is 54.4 Å². The average molecular weight is 480 g/mol. The van der Waals surface area contributed by atoms with Crippen molar-refractivity contribution in [3.63, 3.8) is 0 Å². The number of methoxy groups -OCH3 is 1. The quantitative estimate of drug-likeness (QED) is 0.395. The third kappa shape index (κ3) is 5.10. The molecule has 0 saturated carbocycles. The van der Waals surface area contributed by atoms with E-state index in [1.54, 1.807) is 13.8 Å². The number of hydrogen-bond donors (Lipinski definition) is 3. The predicted octanol–water partition coefficient (Wildman–Crippen LogP) is 2.13. The number of fused-ring (bicyclic) bond motifs is 1. The highest BCUT2D eigenvalue weighted by Crippen LogP contribution is 2.52. The van der Waals surface area contributed by atoms with Gasteiger partial charge in [-0.05, 0) is 39.2 Å². The number of ether oxygens (including phenoxy) is 3. The summed E-state index contributed by atoms with van der Waals surface area (Å²) in [6.45, 7) is 10.7. The van der Waals surface area contributed by atoms with E-state index in [4.69, 9.17) is 14.2 Å². The maximum Gasteiger partial charge on any atom is 0.335 e. The first kappa shape index (κ1) is 26.9. The van der Waals surface area contributed by atoms with Crippen molar-refractivity contribution in [2.45, 2.75) is 96.5 Å². The van der Waals surface area contributed by atoms with Gasteiger partial charge in [-0.3, -0.25) is 4.79 Å². The number of amides is 1. The van der Waals surface area contributed by atoms with Gasteiger partial charge in [0.2, 0.25) is 5.91 Å². The molecule has 8 nitrogen and oxygen atoms in total. The fourth-order valence-electron chi connectivity index (χ4n) is 5.90. The molecule has 3 rings (SSSR count). The summed E-state index contributed by atoms with van der Waals surface area (Å²) < 4.78 is 18.1. The third-order valence-corrected chi connectivity index (χ3v) is 7.99. The molecule has 3 N–H and O–H groups in total. The van der Waals surface area contributed by atoms with E-state index in [1.165, 1.54) is 14.0 Å². The molecular weight excluding hydrogens is 438 g/mol. The highest BCUT2D eigenvalue weighted by molar-refractivity contribution is 5.75. The van der Waals surface area contributed by atoms with E-state index >= 15 is 0 Å². The van der Waals surface area contributed by atoms with Crippen LogP contribution in [0.4, 0.5) is 0 Å². The number of cyclic esters (lactones) is 1. The lowest BCUT2D eigenvalue weighted by Gasteiger charge is -2.41. The summed E-state index contributed by atoms with van der Waals surface area (Å²) in [6.07, 6.45) is 4.00. The largest absolute Gasteiger partial charge is 0.457 e. The van der Waals surface area contributed by atoms with Crippen LogP contribution in [-0.4, -0.2) is 71.4 Å². The summed E-state index contributed by atoms with van der Waals surface area (Å²) in [7, 11) is 1.48. The van der Waals surface area contributed by atoms with Crippen LogP contribution in [0.3, 0.4) is 0 Å². The molecule has 1 saturated heterocycles. The summed E-state index contributed by atoms with van der Waals surface area (Å²) in [5.41, 5.74) is 0.317. The van der Waals surface area contributed by atoms with Crippen molar-refractivity contribution in [3.8, 4) is 0 Å². The van der Waals surface area contributed by atoms with Crippen molar-refractivity contribution >= 4 is 11.9 Å². The van der Waals surface area contributed by atoms with Crippen LogP contribution in [0, 0.1) is 23.7 Å². The molecule has 0 aromatic heterocycles. The van der Waals surface area contributed by atoms with Gasteiger partial charge in [0.1, 0.15) is 6.10 Å². The van der Waals surface area contributed by atoms with Gasteiger partial charge in [-0.1, -0.05) is 32.1 Å². The van der Waals surface area contributed by atoms with Crippen molar-refractivity contribution in [1.29, 1.82) is 0 Å². The van der Waals surface area contributed by atoms with E-state index in [2.05, 4.69) is 17.5 Å².